The monoisotopic (exact) mass is 499 g/mol. The van der Waals surface area contributed by atoms with Gasteiger partial charge >= 0.3 is 11.9 Å². The first-order valence-electron chi connectivity index (χ1n) is 12.2. The maximum atomic E-state index is 12.8. The minimum absolute atomic E-state index is 0.00000102. The number of amides is 3. The van der Waals surface area contributed by atoms with Crippen molar-refractivity contribution in [2.45, 2.75) is 111 Å². The van der Waals surface area contributed by atoms with Gasteiger partial charge in [-0.25, -0.2) is 0 Å². The number of hydrogen-bond acceptors (Lipinski definition) is 7. The van der Waals surface area contributed by atoms with Crippen LogP contribution in [0.5, 0.6) is 0 Å². The molecule has 0 saturated carbocycles. The Morgan fingerprint density at radius 2 is 1.23 bits per heavy atom. The highest BCUT2D eigenvalue weighted by atomic mass is 16.6. The van der Waals surface area contributed by atoms with Gasteiger partial charge in [-0.2, -0.15) is 0 Å². The number of nitrogens with one attached hydrogen (secondary N) is 3. The van der Waals surface area contributed by atoms with Crippen molar-refractivity contribution in [1.29, 1.82) is 0 Å². The normalized spacial score (nSPS) is 14.0. The Labute approximate surface area is 209 Å². The lowest BCUT2D eigenvalue weighted by Gasteiger charge is -2.26. The van der Waals surface area contributed by atoms with Gasteiger partial charge in [0.1, 0.15) is 5.60 Å². The van der Waals surface area contributed by atoms with E-state index in [0.717, 1.165) is 0 Å². The lowest BCUT2D eigenvalue weighted by atomic mass is 9.97. The summed E-state index contributed by atoms with van der Waals surface area (Å²) in [7, 11) is 1.25. The summed E-state index contributed by atoms with van der Waals surface area (Å²) in [6, 6.07) is -1.38. The Morgan fingerprint density at radius 3 is 1.66 bits per heavy atom. The molecule has 0 saturated heterocycles. The van der Waals surface area contributed by atoms with Crippen molar-refractivity contribution in [3.8, 4) is 0 Å². The fraction of sp³-hybridized carbons (Fsp3) is 0.800. The molecule has 0 bridgehead atoms. The van der Waals surface area contributed by atoms with Crippen LogP contribution in [0.3, 0.4) is 0 Å². The van der Waals surface area contributed by atoms with Gasteiger partial charge in [0.05, 0.1) is 13.5 Å². The van der Waals surface area contributed by atoms with E-state index in [9.17, 15) is 24.0 Å². The third kappa shape index (κ3) is 15.8. The molecule has 3 amide bonds. The third-order valence-corrected chi connectivity index (χ3v) is 5.28. The molecule has 0 heterocycles. The predicted molar refractivity (Wildman–Crippen MR) is 132 cm³/mol. The van der Waals surface area contributed by atoms with Crippen molar-refractivity contribution in [2.24, 2.45) is 11.8 Å². The number of methoxy groups -OCH3 is 1. The van der Waals surface area contributed by atoms with E-state index in [0.29, 0.717) is 0 Å². The molecule has 3 N–H and O–H groups in total. The number of hydrogen-bond donors (Lipinski definition) is 3. The first-order valence-corrected chi connectivity index (χ1v) is 12.2. The molecule has 0 spiro atoms. The second-order valence-corrected chi connectivity index (χ2v) is 10.5. The number of ether oxygens (including phenoxy) is 2. The molecule has 0 unspecified atom stereocenters. The van der Waals surface area contributed by atoms with Gasteiger partial charge in [-0.1, -0.05) is 27.7 Å². The summed E-state index contributed by atoms with van der Waals surface area (Å²) < 4.78 is 10.0. The zero-order valence-corrected chi connectivity index (χ0v) is 22.8. The molecule has 0 fully saturated rings. The Bertz CT molecular complexity index is 729. The van der Waals surface area contributed by atoms with Crippen LogP contribution < -0.4 is 16.0 Å². The van der Waals surface area contributed by atoms with E-state index in [2.05, 4.69) is 16.0 Å². The van der Waals surface area contributed by atoms with Crippen LogP contribution in [0.25, 0.3) is 0 Å². The summed E-state index contributed by atoms with van der Waals surface area (Å²) in [5.41, 5.74) is -0.630. The molecule has 202 valence electrons. The second-order valence-electron chi connectivity index (χ2n) is 10.5. The predicted octanol–water partition coefficient (Wildman–Crippen LogP) is 2.24. The van der Waals surface area contributed by atoms with Crippen LogP contribution in [0.1, 0.15) is 87.5 Å². The van der Waals surface area contributed by atoms with E-state index in [1.807, 2.05) is 27.7 Å². The van der Waals surface area contributed by atoms with E-state index in [1.54, 1.807) is 20.8 Å². The summed E-state index contributed by atoms with van der Waals surface area (Å²) in [5.74, 6) is -1.74. The van der Waals surface area contributed by atoms with Crippen molar-refractivity contribution in [2.75, 3.05) is 7.11 Å². The molecular weight excluding hydrogens is 454 g/mol. The van der Waals surface area contributed by atoms with E-state index >= 15 is 0 Å². The van der Waals surface area contributed by atoms with Gasteiger partial charge in [0.15, 0.2) is 0 Å². The van der Waals surface area contributed by atoms with Crippen LogP contribution >= 0.6 is 0 Å². The van der Waals surface area contributed by atoms with Gasteiger partial charge < -0.3 is 25.4 Å². The van der Waals surface area contributed by atoms with Gasteiger partial charge in [0, 0.05) is 44.3 Å². The second kappa shape index (κ2) is 15.4. The molecule has 0 aromatic heterocycles. The van der Waals surface area contributed by atoms with E-state index in [1.165, 1.54) is 14.0 Å². The average Bonchev–Trinajstić information content (AvgIpc) is 2.69. The zero-order chi connectivity index (χ0) is 27.3. The van der Waals surface area contributed by atoms with E-state index < -0.39 is 29.6 Å². The lowest BCUT2D eigenvalue weighted by molar-refractivity contribution is -0.155. The molecule has 0 radical (unpaired) electrons. The lowest BCUT2D eigenvalue weighted by Crippen LogP contribution is -2.47. The standard InChI is InChI=1S/C25H45N3O7/c1-15(2)19(26-17(5)29)13-22(31)28-20(16(3)4)14-21(30)27-18(12-24(33)34-9)10-11-23(32)35-25(6,7)8/h15-16,18-20H,10-14H2,1-9H3,(H,26,29)(H,27,30)(H,28,31)/t18-,19+,20+/m1/s1. The summed E-state index contributed by atoms with van der Waals surface area (Å²) >= 11 is 0. The summed E-state index contributed by atoms with van der Waals surface area (Å²) in [6.07, 6.45) is 0.254. The van der Waals surface area contributed by atoms with Gasteiger partial charge in [0.2, 0.25) is 17.7 Å². The van der Waals surface area contributed by atoms with Crippen LogP contribution in [-0.4, -0.2) is 60.5 Å². The quantitative estimate of drug-likeness (QED) is 0.311. The van der Waals surface area contributed by atoms with Crippen LogP contribution in [-0.2, 0) is 33.4 Å². The van der Waals surface area contributed by atoms with Crippen LogP contribution in [0.4, 0.5) is 0 Å². The Hall–Kier alpha value is -2.65. The Kier molecular flexibility index (Phi) is 14.2. The van der Waals surface area contributed by atoms with Crippen molar-refractivity contribution < 1.29 is 33.4 Å². The van der Waals surface area contributed by atoms with Gasteiger partial charge in [-0.15, -0.1) is 0 Å². The number of carbonyl (C=O) groups excluding carboxylic acids is 5. The smallest absolute Gasteiger partial charge is 0.307 e. The third-order valence-electron chi connectivity index (χ3n) is 5.28. The van der Waals surface area contributed by atoms with E-state index in [4.69, 9.17) is 9.47 Å². The van der Waals surface area contributed by atoms with Gasteiger partial charge in [-0.05, 0) is 39.0 Å². The highest BCUT2D eigenvalue weighted by Gasteiger charge is 2.26. The molecule has 0 aliphatic rings. The average molecular weight is 500 g/mol. The Morgan fingerprint density at radius 1 is 0.743 bits per heavy atom. The minimum Gasteiger partial charge on any atom is -0.469 e. The van der Waals surface area contributed by atoms with Crippen molar-refractivity contribution in [3.05, 3.63) is 0 Å². The highest BCUT2D eigenvalue weighted by Crippen LogP contribution is 2.13. The summed E-state index contributed by atoms with van der Waals surface area (Å²) in [5, 5.41) is 8.46. The highest BCUT2D eigenvalue weighted by molar-refractivity contribution is 5.81. The van der Waals surface area contributed by atoms with Crippen molar-refractivity contribution >= 4 is 29.7 Å². The van der Waals surface area contributed by atoms with Crippen molar-refractivity contribution in [1.82, 2.24) is 16.0 Å². The molecule has 3 atom stereocenters. The van der Waals surface area contributed by atoms with Gasteiger partial charge in [-0.3, -0.25) is 24.0 Å². The van der Waals surface area contributed by atoms with Gasteiger partial charge in [0.25, 0.3) is 0 Å². The van der Waals surface area contributed by atoms with Crippen molar-refractivity contribution in [3.63, 3.8) is 0 Å². The zero-order valence-electron chi connectivity index (χ0n) is 22.8. The first kappa shape index (κ1) is 32.4. The fourth-order valence-electron chi connectivity index (χ4n) is 3.31. The molecule has 0 aromatic rings. The summed E-state index contributed by atoms with van der Waals surface area (Å²) in [4.78, 5) is 60.7. The number of rotatable bonds is 14. The van der Waals surface area contributed by atoms with Crippen LogP contribution in [0.15, 0.2) is 0 Å². The SMILES string of the molecule is COC(=O)C[C@@H](CCC(=O)OC(C)(C)C)NC(=O)C[C@H](NC(=O)C[C@H](NC(C)=O)C(C)C)C(C)C. The largest absolute Gasteiger partial charge is 0.469 e. The molecular formula is C25H45N3O7. The topological polar surface area (TPSA) is 140 Å². The van der Waals surface area contributed by atoms with Crippen LogP contribution in [0.2, 0.25) is 0 Å². The Balaban J connectivity index is 5.11. The number of carbonyl (C=O) groups is 5. The molecule has 0 aromatic carbocycles. The molecule has 0 aliphatic carbocycles. The molecule has 0 rings (SSSR count). The van der Waals surface area contributed by atoms with Crippen LogP contribution in [0, 0.1) is 11.8 Å². The maximum Gasteiger partial charge on any atom is 0.307 e. The first-order chi connectivity index (χ1) is 16.0. The molecule has 10 heteroatoms. The molecule has 35 heavy (non-hydrogen) atoms. The fourth-order valence-corrected chi connectivity index (χ4v) is 3.31. The summed E-state index contributed by atoms with van der Waals surface area (Å²) in [6.45, 7) is 14.3. The van der Waals surface area contributed by atoms with E-state index in [-0.39, 0.29) is 67.7 Å². The maximum absolute atomic E-state index is 12.8. The number of esters is 2. The molecule has 0 aliphatic heterocycles. The molecule has 10 nitrogen and oxygen atoms in total. The minimum atomic E-state index is -0.630.